The minimum Gasteiger partial charge on any atom is -0.0642 e. The minimum absolute atomic E-state index is 0.344. The summed E-state index contributed by atoms with van der Waals surface area (Å²) in [5, 5.41) is 2.61. The van der Waals surface area contributed by atoms with Crippen LogP contribution < -0.4 is 0 Å². The molecule has 2 atom stereocenters. The first-order valence-corrected chi connectivity index (χ1v) is 12.9. The first kappa shape index (κ1) is 21.1. The van der Waals surface area contributed by atoms with Crippen molar-refractivity contribution in [3.63, 3.8) is 0 Å². The fourth-order valence-corrected chi connectivity index (χ4v) is 6.63. The fraction of sp³-hybridized carbons (Fsp3) is 0.111. The smallest absolute Gasteiger partial charge is 0.0167 e. The molecule has 2 aliphatic carbocycles. The van der Waals surface area contributed by atoms with E-state index >= 15 is 0 Å². The lowest BCUT2D eigenvalue weighted by atomic mass is 9.75. The summed E-state index contributed by atoms with van der Waals surface area (Å²) in [6, 6.07) is 40.0. The van der Waals surface area contributed by atoms with E-state index < -0.39 is 0 Å². The van der Waals surface area contributed by atoms with Crippen LogP contribution in [0.25, 0.3) is 45.2 Å². The Hall–Kier alpha value is -4.16. The van der Waals surface area contributed by atoms with Gasteiger partial charge in [0.05, 0.1) is 0 Å². The van der Waals surface area contributed by atoms with Crippen LogP contribution in [0.15, 0.2) is 120 Å². The normalized spacial score (nSPS) is 18.1. The molecule has 0 saturated heterocycles. The number of rotatable bonds is 3. The van der Waals surface area contributed by atoms with Gasteiger partial charge in [-0.25, -0.2) is 0 Å². The van der Waals surface area contributed by atoms with Gasteiger partial charge in [0, 0.05) is 11.8 Å². The van der Waals surface area contributed by atoms with Crippen LogP contribution in [-0.2, 0) is 0 Å². The van der Waals surface area contributed by atoms with E-state index in [0.717, 1.165) is 0 Å². The second-order valence-electron chi connectivity index (χ2n) is 10.2. The van der Waals surface area contributed by atoms with Gasteiger partial charge in [-0.05, 0) is 69.1 Å². The Kier molecular flexibility index (Phi) is 4.82. The summed E-state index contributed by atoms with van der Waals surface area (Å²) in [7, 11) is 0. The Balaban J connectivity index is 1.41. The Labute approximate surface area is 213 Å². The maximum atomic E-state index is 2.45. The molecule has 0 saturated carbocycles. The Morgan fingerprint density at radius 1 is 0.500 bits per heavy atom. The van der Waals surface area contributed by atoms with Crippen LogP contribution in [0.2, 0.25) is 0 Å². The summed E-state index contributed by atoms with van der Waals surface area (Å²) >= 11 is 0. The van der Waals surface area contributed by atoms with Crippen LogP contribution in [0, 0.1) is 0 Å². The van der Waals surface area contributed by atoms with Gasteiger partial charge < -0.3 is 0 Å². The zero-order valence-corrected chi connectivity index (χ0v) is 20.7. The fourth-order valence-electron chi connectivity index (χ4n) is 6.63. The molecule has 0 bridgehead atoms. The van der Waals surface area contributed by atoms with E-state index in [1.54, 1.807) is 0 Å². The minimum atomic E-state index is 0.344. The highest BCUT2D eigenvalue weighted by Gasteiger charge is 2.38. The summed E-state index contributed by atoms with van der Waals surface area (Å²) in [5.41, 5.74) is 13.9. The lowest BCUT2D eigenvalue weighted by molar-refractivity contribution is 0.694. The van der Waals surface area contributed by atoms with E-state index in [2.05, 4.69) is 135 Å². The predicted molar refractivity (Wildman–Crippen MR) is 154 cm³/mol. The number of hydrogen-bond donors (Lipinski definition) is 0. The molecule has 0 nitrogen and oxygen atoms in total. The number of fused-ring (bicyclic) bond motifs is 3. The molecule has 0 amide bonds. The van der Waals surface area contributed by atoms with E-state index in [-0.39, 0.29) is 0 Å². The molecule has 0 heteroatoms. The van der Waals surface area contributed by atoms with Gasteiger partial charge >= 0.3 is 0 Å². The molecular weight excluding hydrogens is 432 g/mol. The Morgan fingerprint density at radius 3 is 2.06 bits per heavy atom. The van der Waals surface area contributed by atoms with E-state index in [0.29, 0.717) is 11.8 Å². The van der Waals surface area contributed by atoms with Gasteiger partial charge in [-0.1, -0.05) is 132 Å². The topological polar surface area (TPSA) is 0 Å². The van der Waals surface area contributed by atoms with Crippen molar-refractivity contribution in [3.8, 4) is 22.3 Å². The molecule has 0 spiro atoms. The van der Waals surface area contributed by atoms with Gasteiger partial charge in [0.25, 0.3) is 0 Å². The molecule has 0 heterocycles. The maximum absolute atomic E-state index is 2.45. The SMILES string of the molecule is CC1=Cc2c(-c3cccc4ccccc34)cccc2C1C1C(C)=Cc2cccc(-c3ccccc3)c21. The van der Waals surface area contributed by atoms with Gasteiger partial charge in [0.2, 0.25) is 0 Å². The third kappa shape index (κ3) is 3.14. The van der Waals surface area contributed by atoms with Gasteiger partial charge in [0.1, 0.15) is 0 Å². The number of hydrogen-bond acceptors (Lipinski definition) is 0. The highest BCUT2D eigenvalue weighted by molar-refractivity contribution is 5.99. The lowest BCUT2D eigenvalue weighted by Crippen LogP contribution is -2.11. The number of benzene rings is 5. The van der Waals surface area contributed by atoms with Crippen LogP contribution >= 0.6 is 0 Å². The average molecular weight is 461 g/mol. The first-order chi connectivity index (χ1) is 17.7. The first-order valence-electron chi connectivity index (χ1n) is 12.9. The molecule has 0 N–H and O–H groups in total. The van der Waals surface area contributed by atoms with Crippen molar-refractivity contribution in [3.05, 3.63) is 143 Å². The molecule has 5 aromatic carbocycles. The maximum Gasteiger partial charge on any atom is 0.0167 e. The van der Waals surface area contributed by atoms with Gasteiger partial charge in [-0.15, -0.1) is 0 Å². The van der Waals surface area contributed by atoms with Crippen molar-refractivity contribution in [2.75, 3.05) is 0 Å². The monoisotopic (exact) mass is 460 g/mol. The molecule has 0 aliphatic heterocycles. The van der Waals surface area contributed by atoms with Crippen LogP contribution in [0.3, 0.4) is 0 Å². The van der Waals surface area contributed by atoms with E-state index in [1.807, 2.05) is 0 Å². The number of allylic oxidation sites excluding steroid dienone is 2. The molecule has 172 valence electrons. The quantitative estimate of drug-likeness (QED) is 0.251. The van der Waals surface area contributed by atoms with E-state index in [1.165, 1.54) is 66.4 Å². The van der Waals surface area contributed by atoms with Gasteiger partial charge in [-0.3, -0.25) is 0 Å². The summed E-state index contributed by atoms with van der Waals surface area (Å²) in [5.74, 6) is 0.689. The zero-order valence-electron chi connectivity index (χ0n) is 20.7. The summed E-state index contributed by atoms with van der Waals surface area (Å²) < 4.78 is 0. The molecule has 2 aliphatic rings. The summed E-state index contributed by atoms with van der Waals surface area (Å²) in [6.07, 6.45) is 4.86. The summed E-state index contributed by atoms with van der Waals surface area (Å²) in [6.45, 7) is 4.65. The Morgan fingerprint density at radius 2 is 1.17 bits per heavy atom. The van der Waals surface area contributed by atoms with Crippen molar-refractivity contribution in [2.24, 2.45) is 0 Å². The molecule has 0 aromatic heterocycles. The molecule has 7 rings (SSSR count). The zero-order chi connectivity index (χ0) is 24.2. The third-order valence-electron chi connectivity index (χ3n) is 8.16. The van der Waals surface area contributed by atoms with Crippen molar-refractivity contribution >= 4 is 22.9 Å². The van der Waals surface area contributed by atoms with Crippen LogP contribution in [0.4, 0.5) is 0 Å². The highest BCUT2D eigenvalue weighted by atomic mass is 14.4. The second-order valence-corrected chi connectivity index (χ2v) is 10.2. The van der Waals surface area contributed by atoms with Crippen molar-refractivity contribution in [2.45, 2.75) is 25.7 Å². The average Bonchev–Trinajstić information content (AvgIpc) is 3.43. The molecule has 0 radical (unpaired) electrons. The molecule has 5 aromatic rings. The Bertz CT molecular complexity index is 1690. The van der Waals surface area contributed by atoms with Crippen LogP contribution in [0.1, 0.15) is 47.9 Å². The molecule has 36 heavy (non-hydrogen) atoms. The predicted octanol–water partition coefficient (Wildman–Crippen LogP) is 9.87. The van der Waals surface area contributed by atoms with Crippen molar-refractivity contribution in [1.29, 1.82) is 0 Å². The largest absolute Gasteiger partial charge is 0.0642 e. The lowest BCUT2D eigenvalue weighted by Gasteiger charge is -2.27. The van der Waals surface area contributed by atoms with Crippen LogP contribution in [0.5, 0.6) is 0 Å². The standard InChI is InChI=1S/C36H28/c1-23-21-27-15-9-17-29(26-11-4-3-5-12-26)36(27)35(23)34-24(2)22-33-31(19-10-20-32(33)34)30-18-8-14-25-13-6-7-16-28(25)30/h3-22,34-35H,1-2H3. The van der Waals surface area contributed by atoms with Crippen LogP contribution in [-0.4, -0.2) is 0 Å². The molecular formula is C36H28. The van der Waals surface area contributed by atoms with Crippen molar-refractivity contribution in [1.82, 2.24) is 0 Å². The molecule has 2 unspecified atom stereocenters. The van der Waals surface area contributed by atoms with Crippen molar-refractivity contribution < 1.29 is 0 Å². The molecule has 0 fully saturated rings. The van der Waals surface area contributed by atoms with E-state index in [9.17, 15) is 0 Å². The van der Waals surface area contributed by atoms with Gasteiger partial charge in [-0.2, -0.15) is 0 Å². The summed E-state index contributed by atoms with van der Waals surface area (Å²) in [4.78, 5) is 0. The second kappa shape index (κ2) is 8.21. The third-order valence-corrected chi connectivity index (χ3v) is 8.16. The highest BCUT2D eigenvalue weighted by Crippen LogP contribution is 2.55. The van der Waals surface area contributed by atoms with E-state index in [4.69, 9.17) is 0 Å². The van der Waals surface area contributed by atoms with Gasteiger partial charge in [0.15, 0.2) is 0 Å².